The number of para-hydroxylation sites is 1. The largest absolute Gasteiger partial charge is 0.394 e. The molecule has 0 bridgehead atoms. The molecule has 0 radical (unpaired) electrons. The number of fused-ring (bicyclic) bond motifs is 1. The second-order valence-electron chi connectivity index (χ2n) is 4.51. The van der Waals surface area contributed by atoms with E-state index in [9.17, 15) is 10.2 Å². The van der Waals surface area contributed by atoms with Crippen LogP contribution >= 0.6 is 0 Å². The molecule has 2 heterocycles. The highest BCUT2D eigenvalue weighted by Gasteiger charge is 2.43. The molecule has 4 atom stereocenters. The molecule has 3 rings (SSSR count). The highest BCUT2D eigenvalue weighted by Crippen LogP contribution is 2.32. The summed E-state index contributed by atoms with van der Waals surface area (Å²) in [6.07, 6.45) is -1.72. The first-order valence-electron chi connectivity index (χ1n) is 5.90. The molecule has 0 saturated carbocycles. The van der Waals surface area contributed by atoms with E-state index < -0.39 is 24.5 Å². The smallest absolute Gasteiger partial charge is 0.163 e. The van der Waals surface area contributed by atoms with Crippen molar-refractivity contribution in [1.82, 2.24) is 4.57 Å². The van der Waals surface area contributed by atoms with E-state index in [-0.39, 0.29) is 6.61 Å². The van der Waals surface area contributed by atoms with Crippen LogP contribution in [0, 0.1) is 0 Å². The van der Waals surface area contributed by atoms with Gasteiger partial charge in [0.2, 0.25) is 0 Å². The second-order valence-corrected chi connectivity index (χ2v) is 4.51. The van der Waals surface area contributed by atoms with E-state index in [1.165, 1.54) is 0 Å². The molecule has 1 saturated heterocycles. The van der Waals surface area contributed by atoms with Crippen LogP contribution < -0.4 is 0 Å². The first kappa shape index (κ1) is 11.7. The van der Waals surface area contributed by atoms with Crippen LogP contribution in [0.2, 0.25) is 0 Å². The monoisotopic (exact) mass is 249 g/mol. The summed E-state index contributed by atoms with van der Waals surface area (Å²) in [6, 6.07) is 9.64. The Labute approximate surface area is 104 Å². The third kappa shape index (κ3) is 1.64. The van der Waals surface area contributed by atoms with Crippen molar-refractivity contribution in [2.45, 2.75) is 24.5 Å². The van der Waals surface area contributed by atoms with Gasteiger partial charge < -0.3 is 24.6 Å². The van der Waals surface area contributed by atoms with Crippen molar-refractivity contribution in [3.63, 3.8) is 0 Å². The Morgan fingerprint density at radius 2 is 1.89 bits per heavy atom. The van der Waals surface area contributed by atoms with Gasteiger partial charge in [-0.25, -0.2) is 0 Å². The minimum atomic E-state index is -1.07. The summed E-state index contributed by atoms with van der Waals surface area (Å²) in [5.74, 6) is 0. The number of hydrogen-bond acceptors (Lipinski definition) is 4. The SMILES string of the molecule is OC[C@H]1O[C@@H](n2ccc3ccccc32)[C@H](O)[C@@H]1O. The third-order valence-electron chi connectivity index (χ3n) is 3.42. The zero-order chi connectivity index (χ0) is 12.7. The Morgan fingerprint density at radius 3 is 2.61 bits per heavy atom. The van der Waals surface area contributed by atoms with E-state index in [1.54, 1.807) is 4.57 Å². The van der Waals surface area contributed by atoms with Crippen molar-refractivity contribution < 1.29 is 20.1 Å². The summed E-state index contributed by atoms with van der Waals surface area (Å²) in [7, 11) is 0. The molecule has 1 fully saturated rings. The Bertz CT molecular complexity index is 553. The van der Waals surface area contributed by atoms with E-state index in [0.717, 1.165) is 10.9 Å². The molecule has 0 aliphatic carbocycles. The molecule has 1 aliphatic heterocycles. The second kappa shape index (κ2) is 4.37. The number of aromatic nitrogens is 1. The van der Waals surface area contributed by atoms with Crippen LogP contribution in [0.15, 0.2) is 36.5 Å². The van der Waals surface area contributed by atoms with Gasteiger partial charge >= 0.3 is 0 Å². The molecule has 1 aromatic carbocycles. The van der Waals surface area contributed by atoms with Crippen molar-refractivity contribution in [2.24, 2.45) is 0 Å². The summed E-state index contributed by atoms with van der Waals surface area (Å²) in [6.45, 7) is -0.312. The fourth-order valence-electron chi connectivity index (χ4n) is 2.44. The number of ether oxygens (including phenoxy) is 1. The lowest BCUT2D eigenvalue weighted by Crippen LogP contribution is -2.33. The maximum Gasteiger partial charge on any atom is 0.163 e. The van der Waals surface area contributed by atoms with Crippen LogP contribution in [-0.4, -0.2) is 44.8 Å². The highest BCUT2D eigenvalue weighted by atomic mass is 16.6. The van der Waals surface area contributed by atoms with Gasteiger partial charge in [0.15, 0.2) is 6.23 Å². The summed E-state index contributed by atoms with van der Waals surface area (Å²) in [5.41, 5.74) is 0.923. The number of hydrogen-bond donors (Lipinski definition) is 3. The number of nitrogens with zero attached hydrogens (tertiary/aromatic N) is 1. The van der Waals surface area contributed by atoms with Gasteiger partial charge in [-0.2, -0.15) is 0 Å². The molecule has 0 spiro atoms. The fourth-order valence-corrected chi connectivity index (χ4v) is 2.44. The van der Waals surface area contributed by atoms with Crippen molar-refractivity contribution in [1.29, 1.82) is 0 Å². The molecular weight excluding hydrogens is 234 g/mol. The lowest BCUT2D eigenvalue weighted by molar-refractivity contribution is -0.0506. The maximum absolute atomic E-state index is 9.98. The van der Waals surface area contributed by atoms with Crippen molar-refractivity contribution in [3.8, 4) is 0 Å². The first-order valence-corrected chi connectivity index (χ1v) is 5.90. The van der Waals surface area contributed by atoms with Crippen molar-refractivity contribution in [2.75, 3.05) is 6.61 Å². The molecule has 5 nitrogen and oxygen atoms in total. The Hall–Kier alpha value is -1.40. The lowest BCUT2D eigenvalue weighted by Gasteiger charge is -2.17. The fraction of sp³-hybridized carbons (Fsp3) is 0.385. The summed E-state index contributed by atoms with van der Waals surface area (Å²) in [5, 5.41) is 29.8. The normalized spacial score (nSPS) is 32.2. The predicted octanol–water partition coefficient (Wildman–Crippen LogP) is 0.253. The zero-order valence-corrected chi connectivity index (χ0v) is 9.68. The van der Waals surface area contributed by atoms with Crippen molar-refractivity contribution >= 4 is 10.9 Å². The number of aliphatic hydroxyl groups excluding tert-OH is 3. The summed E-state index contributed by atoms with van der Waals surface area (Å²) >= 11 is 0. The number of rotatable bonds is 2. The Morgan fingerprint density at radius 1 is 1.11 bits per heavy atom. The van der Waals surface area contributed by atoms with E-state index >= 15 is 0 Å². The van der Waals surface area contributed by atoms with Gasteiger partial charge in [0, 0.05) is 6.20 Å². The number of benzene rings is 1. The molecule has 96 valence electrons. The maximum atomic E-state index is 9.98. The molecular formula is C13H15NO4. The molecule has 2 aromatic rings. The van der Waals surface area contributed by atoms with Gasteiger partial charge in [-0.15, -0.1) is 0 Å². The highest BCUT2D eigenvalue weighted by molar-refractivity contribution is 5.80. The molecule has 0 unspecified atom stereocenters. The molecule has 1 aromatic heterocycles. The third-order valence-corrected chi connectivity index (χ3v) is 3.42. The summed E-state index contributed by atoms with van der Waals surface area (Å²) < 4.78 is 7.28. The average molecular weight is 249 g/mol. The van der Waals surface area contributed by atoms with Gasteiger partial charge in [0.25, 0.3) is 0 Å². The van der Waals surface area contributed by atoms with Gasteiger partial charge in [0.1, 0.15) is 18.3 Å². The van der Waals surface area contributed by atoms with Crippen LogP contribution in [0.1, 0.15) is 6.23 Å². The van der Waals surface area contributed by atoms with Crippen LogP contribution in [0.25, 0.3) is 10.9 Å². The predicted molar refractivity (Wildman–Crippen MR) is 64.9 cm³/mol. The van der Waals surface area contributed by atoms with Gasteiger partial charge in [-0.1, -0.05) is 18.2 Å². The van der Waals surface area contributed by atoms with E-state index in [1.807, 2.05) is 36.5 Å². The zero-order valence-electron chi connectivity index (χ0n) is 9.68. The van der Waals surface area contributed by atoms with Gasteiger partial charge in [-0.3, -0.25) is 0 Å². The molecule has 5 heteroatoms. The molecule has 3 N–H and O–H groups in total. The van der Waals surface area contributed by atoms with Crippen molar-refractivity contribution in [3.05, 3.63) is 36.5 Å². The Kier molecular flexibility index (Phi) is 2.83. The lowest BCUT2D eigenvalue weighted by atomic mass is 10.1. The first-order chi connectivity index (χ1) is 8.72. The average Bonchev–Trinajstić information content (AvgIpc) is 2.93. The van der Waals surface area contributed by atoms with E-state index in [4.69, 9.17) is 9.84 Å². The van der Waals surface area contributed by atoms with Crippen LogP contribution in [0.4, 0.5) is 0 Å². The standard InChI is InChI=1S/C13H15NO4/c15-7-10-11(16)12(17)13(18-10)14-6-5-8-3-1-2-4-9(8)14/h1-6,10-13,15-17H,7H2/t10-,11-,12-,13-/m1/s1. The van der Waals surface area contributed by atoms with Gasteiger partial charge in [0.05, 0.1) is 12.1 Å². The molecule has 18 heavy (non-hydrogen) atoms. The van der Waals surface area contributed by atoms with E-state index in [0.29, 0.717) is 0 Å². The van der Waals surface area contributed by atoms with Crippen LogP contribution in [0.5, 0.6) is 0 Å². The minimum Gasteiger partial charge on any atom is -0.394 e. The molecule has 0 amide bonds. The Balaban J connectivity index is 2.00. The van der Waals surface area contributed by atoms with Crippen LogP contribution in [0.3, 0.4) is 0 Å². The molecule has 1 aliphatic rings. The van der Waals surface area contributed by atoms with Crippen LogP contribution in [-0.2, 0) is 4.74 Å². The summed E-state index contributed by atoms with van der Waals surface area (Å²) in [4.78, 5) is 0. The van der Waals surface area contributed by atoms with E-state index in [2.05, 4.69) is 0 Å². The number of aliphatic hydroxyl groups is 3. The topological polar surface area (TPSA) is 74.9 Å². The minimum absolute atomic E-state index is 0.312. The quantitative estimate of drug-likeness (QED) is 0.713. The van der Waals surface area contributed by atoms with Gasteiger partial charge in [-0.05, 0) is 17.5 Å².